The minimum atomic E-state index is -1.15. The van der Waals surface area contributed by atoms with Gasteiger partial charge in [-0.25, -0.2) is 4.79 Å². The molecule has 0 aromatic carbocycles. The van der Waals surface area contributed by atoms with E-state index in [4.69, 9.17) is 9.47 Å². The van der Waals surface area contributed by atoms with E-state index in [2.05, 4.69) is 0 Å². The summed E-state index contributed by atoms with van der Waals surface area (Å²) in [5.41, 5.74) is -2.33. The standard InChI is InChI=1S/C16H26O4/c1-6-19-13(18)16(5)11-9-7-8-10-15(4,12(11)17)14(2,3)20-16/h11H,6-10H2,1-5H3. The minimum absolute atomic E-state index is 0.168. The molecule has 1 saturated carbocycles. The molecule has 20 heavy (non-hydrogen) atoms. The van der Waals surface area contributed by atoms with E-state index in [0.717, 1.165) is 19.3 Å². The van der Waals surface area contributed by atoms with E-state index in [1.165, 1.54) is 0 Å². The Hall–Kier alpha value is -0.900. The van der Waals surface area contributed by atoms with E-state index >= 15 is 0 Å². The molecule has 2 fully saturated rings. The third-order valence-corrected chi connectivity index (χ3v) is 5.42. The number of fused-ring (bicyclic) bond motifs is 2. The molecule has 1 heterocycles. The van der Waals surface area contributed by atoms with Gasteiger partial charge in [-0.05, 0) is 47.5 Å². The van der Waals surface area contributed by atoms with Gasteiger partial charge >= 0.3 is 5.97 Å². The van der Waals surface area contributed by atoms with Crippen molar-refractivity contribution in [2.45, 2.75) is 71.5 Å². The van der Waals surface area contributed by atoms with Crippen LogP contribution in [0.3, 0.4) is 0 Å². The average Bonchev–Trinajstić information content (AvgIpc) is 2.48. The Morgan fingerprint density at radius 2 is 1.95 bits per heavy atom. The fourth-order valence-electron chi connectivity index (χ4n) is 3.76. The van der Waals surface area contributed by atoms with Gasteiger partial charge in [-0.2, -0.15) is 0 Å². The summed E-state index contributed by atoms with van der Waals surface area (Å²) in [6, 6.07) is 0. The summed E-state index contributed by atoms with van der Waals surface area (Å²) in [5, 5.41) is 0. The van der Waals surface area contributed by atoms with Crippen molar-refractivity contribution < 1.29 is 19.1 Å². The molecule has 1 saturated heterocycles. The molecule has 4 nitrogen and oxygen atoms in total. The first-order chi connectivity index (χ1) is 9.19. The van der Waals surface area contributed by atoms with Crippen LogP contribution in [0.1, 0.15) is 60.3 Å². The fraction of sp³-hybridized carbons (Fsp3) is 0.875. The lowest BCUT2D eigenvalue weighted by atomic mass is 9.61. The maximum absolute atomic E-state index is 13.0. The van der Waals surface area contributed by atoms with Crippen LogP contribution < -0.4 is 0 Å². The lowest BCUT2D eigenvalue weighted by Crippen LogP contribution is -2.66. The van der Waals surface area contributed by atoms with Crippen molar-refractivity contribution in [2.24, 2.45) is 11.3 Å². The first-order valence-corrected chi connectivity index (χ1v) is 7.61. The Balaban J connectivity index is 2.47. The van der Waals surface area contributed by atoms with Gasteiger partial charge in [0, 0.05) is 0 Å². The van der Waals surface area contributed by atoms with E-state index in [0.29, 0.717) is 13.0 Å². The molecule has 0 N–H and O–H groups in total. The Morgan fingerprint density at radius 1 is 1.30 bits per heavy atom. The second-order valence-corrected chi connectivity index (χ2v) is 6.93. The molecule has 0 aromatic heterocycles. The van der Waals surface area contributed by atoms with Gasteiger partial charge in [0.25, 0.3) is 0 Å². The summed E-state index contributed by atoms with van der Waals surface area (Å²) in [5.74, 6) is -0.626. The Bertz CT molecular complexity index is 428. The van der Waals surface area contributed by atoms with Crippen molar-refractivity contribution >= 4 is 11.8 Å². The van der Waals surface area contributed by atoms with E-state index in [1.807, 2.05) is 20.8 Å². The normalized spacial score (nSPS) is 40.0. The third kappa shape index (κ3) is 2.00. The fourth-order valence-corrected chi connectivity index (χ4v) is 3.76. The van der Waals surface area contributed by atoms with Crippen LogP contribution in [-0.4, -0.2) is 29.6 Å². The topological polar surface area (TPSA) is 52.6 Å². The van der Waals surface area contributed by atoms with Crippen molar-refractivity contribution in [1.82, 2.24) is 0 Å². The molecule has 1 aliphatic carbocycles. The number of hydrogen-bond donors (Lipinski definition) is 0. The Kier molecular flexibility index (Phi) is 3.74. The van der Waals surface area contributed by atoms with E-state index in [1.54, 1.807) is 13.8 Å². The number of carbonyl (C=O) groups excluding carboxylic acids is 2. The highest BCUT2D eigenvalue weighted by atomic mass is 16.6. The van der Waals surface area contributed by atoms with Gasteiger partial charge in [-0.3, -0.25) is 4.79 Å². The average molecular weight is 282 g/mol. The van der Waals surface area contributed by atoms with Gasteiger partial charge < -0.3 is 9.47 Å². The molecular formula is C16H26O4. The van der Waals surface area contributed by atoms with Crippen LogP contribution in [0.5, 0.6) is 0 Å². The van der Waals surface area contributed by atoms with Crippen LogP contribution in [-0.2, 0) is 19.1 Å². The van der Waals surface area contributed by atoms with Crippen molar-refractivity contribution in [3.05, 3.63) is 0 Å². The Labute approximate surface area is 121 Å². The minimum Gasteiger partial charge on any atom is -0.464 e. The summed E-state index contributed by atoms with van der Waals surface area (Å²) in [6.45, 7) is 9.62. The van der Waals surface area contributed by atoms with Crippen LogP contribution in [0.25, 0.3) is 0 Å². The molecule has 4 heteroatoms. The van der Waals surface area contributed by atoms with Crippen LogP contribution in [0.15, 0.2) is 0 Å². The molecule has 0 radical (unpaired) electrons. The van der Waals surface area contributed by atoms with Gasteiger partial charge in [0.2, 0.25) is 0 Å². The van der Waals surface area contributed by atoms with E-state index in [9.17, 15) is 9.59 Å². The molecule has 0 spiro atoms. The van der Waals surface area contributed by atoms with Gasteiger partial charge in [-0.1, -0.05) is 12.8 Å². The first-order valence-electron chi connectivity index (χ1n) is 7.61. The smallest absolute Gasteiger partial charge is 0.338 e. The van der Waals surface area contributed by atoms with E-state index in [-0.39, 0.29) is 11.7 Å². The van der Waals surface area contributed by atoms with Crippen LogP contribution in [0.2, 0.25) is 0 Å². The van der Waals surface area contributed by atoms with Gasteiger partial charge in [-0.15, -0.1) is 0 Å². The maximum Gasteiger partial charge on any atom is 0.338 e. The number of ketones is 1. The van der Waals surface area contributed by atoms with Gasteiger partial charge in [0.15, 0.2) is 5.60 Å². The monoisotopic (exact) mass is 282 g/mol. The molecule has 1 aliphatic heterocycles. The van der Waals surface area contributed by atoms with Crippen LogP contribution in [0.4, 0.5) is 0 Å². The van der Waals surface area contributed by atoms with Crippen molar-refractivity contribution in [2.75, 3.05) is 6.61 Å². The number of rotatable bonds is 2. The van der Waals surface area contributed by atoms with Crippen molar-refractivity contribution in [1.29, 1.82) is 0 Å². The highest BCUT2D eigenvalue weighted by Gasteiger charge is 2.64. The zero-order valence-corrected chi connectivity index (χ0v) is 13.2. The molecule has 3 unspecified atom stereocenters. The summed E-state index contributed by atoms with van der Waals surface area (Å²) < 4.78 is 11.4. The molecule has 2 bridgehead atoms. The number of Topliss-reactive ketones (excluding diaryl/α,β-unsaturated/α-hetero) is 1. The van der Waals surface area contributed by atoms with Crippen LogP contribution in [0, 0.1) is 11.3 Å². The van der Waals surface area contributed by atoms with Gasteiger partial charge in [0.05, 0.1) is 23.5 Å². The summed E-state index contributed by atoms with van der Waals surface area (Å²) in [6.07, 6.45) is 3.50. The largest absolute Gasteiger partial charge is 0.464 e. The summed E-state index contributed by atoms with van der Waals surface area (Å²) >= 11 is 0. The van der Waals surface area contributed by atoms with Crippen molar-refractivity contribution in [3.63, 3.8) is 0 Å². The quantitative estimate of drug-likeness (QED) is 0.731. The number of ether oxygens (including phenoxy) is 2. The number of esters is 1. The molecule has 2 aliphatic rings. The lowest BCUT2D eigenvalue weighted by Gasteiger charge is -2.54. The molecule has 114 valence electrons. The van der Waals surface area contributed by atoms with Gasteiger partial charge in [0.1, 0.15) is 5.78 Å². The zero-order chi connectivity index (χ0) is 15.2. The van der Waals surface area contributed by atoms with Crippen molar-refractivity contribution in [3.8, 4) is 0 Å². The maximum atomic E-state index is 13.0. The predicted molar refractivity (Wildman–Crippen MR) is 75.3 cm³/mol. The summed E-state index contributed by atoms with van der Waals surface area (Å²) in [4.78, 5) is 25.4. The summed E-state index contributed by atoms with van der Waals surface area (Å²) in [7, 11) is 0. The molecule has 0 amide bonds. The van der Waals surface area contributed by atoms with E-state index < -0.39 is 22.6 Å². The zero-order valence-electron chi connectivity index (χ0n) is 13.2. The first kappa shape index (κ1) is 15.5. The predicted octanol–water partition coefficient (Wildman–Crippen LogP) is 2.88. The molecular weight excluding hydrogens is 256 g/mol. The third-order valence-electron chi connectivity index (χ3n) is 5.42. The van der Waals surface area contributed by atoms with Crippen LogP contribution >= 0.6 is 0 Å². The second kappa shape index (κ2) is 4.83. The SMILES string of the molecule is CCOC(=O)C1(C)OC(C)(C)C2(C)CCCCC1C2=O. The molecule has 0 aromatic rings. The highest BCUT2D eigenvalue weighted by molar-refractivity contribution is 5.96. The molecule has 2 rings (SSSR count). The lowest BCUT2D eigenvalue weighted by molar-refractivity contribution is -0.243. The highest BCUT2D eigenvalue weighted by Crippen LogP contribution is 2.53. The Morgan fingerprint density at radius 3 is 2.55 bits per heavy atom. The molecule has 3 atom stereocenters. The second-order valence-electron chi connectivity index (χ2n) is 6.93. The number of hydrogen-bond acceptors (Lipinski definition) is 4. The number of carbonyl (C=O) groups is 2.